The highest BCUT2D eigenvalue weighted by Gasteiger charge is 2.40. The molecule has 2 aromatic rings. The molecule has 1 atom stereocenters. The van der Waals surface area contributed by atoms with E-state index < -0.39 is 6.04 Å². The van der Waals surface area contributed by atoms with Gasteiger partial charge in [0.05, 0.1) is 19.2 Å². The number of imide groups is 1. The summed E-state index contributed by atoms with van der Waals surface area (Å²) in [7, 11) is 1.51. The molecule has 0 radical (unpaired) electrons. The van der Waals surface area contributed by atoms with E-state index in [9.17, 15) is 9.59 Å². The second kappa shape index (κ2) is 6.01. The molecule has 0 saturated carbocycles. The number of ether oxygens (including phenoxy) is 3. The van der Waals surface area contributed by atoms with Gasteiger partial charge in [-0.1, -0.05) is 12.1 Å². The third-order valence-corrected chi connectivity index (χ3v) is 4.19. The first-order valence-electron chi connectivity index (χ1n) is 7.83. The van der Waals surface area contributed by atoms with Crippen LogP contribution in [0.25, 0.3) is 0 Å². The molecule has 1 saturated heterocycles. The quantitative estimate of drug-likeness (QED) is 0.860. The summed E-state index contributed by atoms with van der Waals surface area (Å²) in [6.07, 6.45) is 0.0747. The molecule has 7 heteroatoms. The third kappa shape index (κ3) is 2.63. The Morgan fingerprint density at radius 2 is 1.92 bits per heavy atom. The van der Waals surface area contributed by atoms with Crippen LogP contribution in [0.5, 0.6) is 17.2 Å². The lowest BCUT2D eigenvalue weighted by Gasteiger charge is -2.18. The fourth-order valence-corrected chi connectivity index (χ4v) is 3.00. The highest BCUT2D eigenvalue weighted by molar-refractivity contribution is 6.23. The van der Waals surface area contributed by atoms with Gasteiger partial charge in [0.25, 0.3) is 5.91 Å². The van der Waals surface area contributed by atoms with Crippen LogP contribution in [-0.2, 0) is 9.59 Å². The Hall–Kier alpha value is -3.22. The molecule has 4 rings (SSSR count). The molecule has 25 heavy (non-hydrogen) atoms. The number of carbonyl (C=O) groups excluding carboxylic acids is 2. The van der Waals surface area contributed by atoms with Gasteiger partial charge in [0.2, 0.25) is 12.7 Å². The number of rotatable bonds is 4. The number of fused-ring (bicyclic) bond motifs is 1. The fraction of sp³-hybridized carbons (Fsp3) is 0.222. The molecule has 1 N–H and O–H groups in total. The van der Waals surface area contributed by atoms with Gasteiger partial charge < -0.3 is 19.5 Å². The smallest absolute Gasteiger partial charge is 0.256 e. The fourth-order valence-electron chi connectivity index (χ4n) is 3.00. The summed E-state index contributed by atoms with van der Waals surface area (Å²) in [5, 5.41) is 3.10. The van der Waals surface area contributed by atoms with Crippen molar-refractivity contribution in [2.45, 2.75) is 12.5 Å². The van der Waals surface area contributed by atoms with Crippen LogP contribution in [0.2, 0.25) is 0 Å². The summed E-state index contributed by atoms with van der Waals surface area (Å²) >= 11 is 0. The maximum Gasteiger partial charge on any atom is 0.256 e. The highest BCUT2D eigenvalue weighted by Crippen LogP contribution is 2.36. The molecule has 2 aromatic carbocycles. The van der Waals surface area contributed by atoms with Gasteiger partial charge in [0.1, 0.15) is 11.8 Å². The van der Waals surface area contributed by atoms with Crippen molar-refractivity contribution in [3.63, 3.8) is 0 Å². The van der Waals surface area contributed by atoms with Crippen molar-refractivity contribution in [3.8, 4) is 17.2 Å². The van der Waals surface area contributed by atoms with E-state index in [1.807, 2.05) is 0 Å². The number of carbonyl (C=O) groups is 2. The average molecular weight is 340 g/mol. The number of hydrogen-bond acceptors (Lipinski definition) is 6. The standard InChI is InChI=1S/C18H16N2O5/c1-23-14-5-3-2-4-13(14)20-17(21)9-12(18(20)22)19-11-6-7-15-16(8-11)25-10-24-15/h2-8,12,19H,9-10H2,1H3/t12-/m1/s1. The summed E-state index contributed by atoms with van der Waals surface area (Å²) in [4.78, 5) is 26.3. The molecule has 2 aliphatic rings. The number of amides is 2. The first-order chi connectivity index (χ1) is 12.2. The minimum absolute atomic E-state index is 0.0747. The van der Waals surface area contributed by atoms with Gasteiger partial charge in [-0.15, -0.1) is 0 Å². The zero-order valence-corrected chi connectivity index (χ0v) is 13.5. The van der Waals surface area contributed by atoms with Crippen LogP contribution in [-0.4, -0.2) is 31.8 Å². The molecule has 2 heterocycles. The molecule has 0 aromatic heterocycles. The molecule has 0 bridgehead atoms. The van der Waals surface area contributed by atoms with Gasteiger partial charge in [-0.2, -0.15) is 0 Å². The van der Waals surface area contributed by atoms with Crippen LogP contribution >= 0.6 is 0 Å². The summed E-state index contributed by atoms with van der Waals surface area (Å²) < 4.78 is 15.9. The lowest BCUT2D eigenvalue weighted by Crippen LogP contribution is -2.35. The van der Waals surface area contributed by atoms with Crippen molar-refractivity contribution < 1.29 is 23.8 Å². The number of methoxy groups -OCH3 is 1. The first-order valence-corrected chi connectivity index (χ1v) is 7.83. The third-order valence-electron chi connectivity index (χ3n) is 4.19. The van der Waals surface area contributed by atoms with Crippen molar-refractivity contribution in [2.24, 2.45) is 0 Å². The predicted molar refractivity (Wildman–Crippen MR) is 90.1 cm³/mol. The molecule has 7 nitrogen and oxygen atoms in total. The van der Waals surface area contributed by atoms with Gasteiger partial charge in [-0.25, -0.2) is 4.90 Å². The Morgan fingerprint density at radius 3 is 2.76 bits per heavy atom. The van der Waals surface area contributed by atoms with E-state index in [-0.39, 0.29) is 25.0 Å². The number of anilines is 2. The Balaban J connectivity index is 1.57. The molecule has 0 unspecified atom stereocenters. The Morgan fingerprint density at radius 1 is 1.12 bits per heavy atom. The van der Waals surface area contributed by atoms with E-state index in [1.54, 1.807) is 42.5 Å². The van der Waals surface area contributed by atoms with E-state index >= 15 is 0 Å². The Labute approximate surface area is 144 Å². The van der Waals surface area contributed by atoms with E-state index in [4.69, 9.17) is 14.2 Å². The summed E-state index contributed by atoms with van der Waals surface area (Å²) in [6, 6.07) is 11.6. The number of para-hydroxylation sites is 2. The van der Waals surface area contributed by atoms with Crippen molar-refractivity contribution in [1.82, 2.24) is 0 Å². The van der Waals surface area contributed by atoms with E-state index in [1.165, 1.54) is 12.0 Å². The first kappa shape index (κ1) is 15.3. The van der Waals surface area contributed by atoms with E-state index in [0.717, 1.165) is 0 Å². The molecule has 2 aliphatic heterocycles. The van der Waals surface area contributed by atoms with Gasteiger partial charge >= 0.3 is 0 Å². The number of nitrogens with one attached hydrogen (secondary N) is 1. The van der Waals surface area contributed by atoms with Crippen LogP contribution in [0, 0.1) is 0 Å². The monoisotopic (exact) mass is 340 g/mol. The van der Waals surface area contributed by atoms with E-state index in [0.29, 0.717) is 28.6 Å². The van der Waals surface area contributed by atoms with Crippen molar-refractivity contribution >= 4 is 23.2 Å². The minimum atomic E-state index is -0.641. The topological polar surface area (TPSA) is 77.1 Å². The van der Waals surface area contributed by atoms with Gasteiger partial charge in [-0.3, -0.25) is 9.59 Å². The maximum absolute atomic E-state index is 12.8. The molecular formula is C18H16N2O5. The predicted octanol–water partition coefficient (Wildman–Crippen LogP) is 2.17. The summed E-state index contributed by atoms with van der Waals surface area (Å²) in [5.74, 6) is 1.17. The van der Waals surface area contributed by atoms with Crippen LogP contribution in [0.1, 0.15) is 6.42 Å². The number of nitrogens with zero attached hydrogens (tertiary/aromatic N) is 1. The minimum Gasteiger partial charge on any atom is -0.495 e. The van der Waals surface area contributed by atoms with Gasteiger partial charge in [-0.05, 0) is 24.3 Å². The molecule has 0 spiro atoms. The zero-order valence-electron chi connectivity index (χ0n) is 13.5. The van der Waals surface area contributed by atoms with Gasteiger partial charge in [0.15, 0.2) is 11.5 Å². The largest absolute Gasteiger partial charge is 0.495 e. The number of benzene rings is 2. The molecule has 0 aliphatic carbocycles. The van der Waals surface area contributed by atoms with E-state index in [2.05, 4.69) is 5.32 Å². The summed E-state index contributed by atoms with van der Waals surface area (Å²) in [6.45, 7) is 0.182. The highest BCUT2D eigenvalue weighted by atomic mass is 16.7. The average Bonchev–Trinajstić information content (AvgIpc) is 3.19. The van der Waals surface area contributed by atoms with Crippen LogP contribution in [0.4, 0.5) is 11.4 Å². The lowest BCUT2D eigenvalue weighted by atomic mass is 10.2. The zero-order chi connectivity index (χ0) is 17.4. The molecular weight excluding hydrogens is 324 g/mol. The molecule has 2 amide bonds. The lowest BCUT2D eigenvalue weighted by molar-refractivity contribution is -0.121. The normalized spacial score (nSPS) is 18.6. The maximum atomic E-state index is 12.8. The van der Waals surface area contributed by atoms with Crippen molar-refractivity contribution in [1.29, 1.82) is 0 Å². The van der Waals surface area contributed by atoms with Crippen molar-refractivity contribution in [3.05, 3.63) is 42.5 Å². The summed E-state index contributed by atoms with van der Waals surface area (Å²) in [5.41, 5.74) is 1.15. The van der Waals surface area contributed by atoms with Crippen LogP contribution < -0.4 is 24.4 Å². The Bertz CT molecular complexity index is 851. The number of hydrogen-bond donors (Lipinski definition) is 1. The van der Waals surface area contributed by atoms with Crippen molar-refractivity contribution in [2.75, 3.05) is 24.1 Å². The van der Waals surface area contributed by atoms with Crippen LogP contribution in [0.3, 0.4) is 0 Å². The van der Waals surface area contributed by atoms with Gasteiger partial charge in [0, 0.05) is 11.8 Å². The second-order valence-electron chi connectivity index (χ2n) is 5.71. The van der Waals surface area contributed by atoms with Crippen LogP contribution in [0.15, 0.2) is 42.5 Å². The SMILES string of the molecule is COc1ccccc1N1C(=O)C[C@@H](Nc2ccc3c(c2)OCO3)C1=O. The molecule has 1 fully saturated rings. The molecule has 128 valence electrons. The Kier molecular flexibility index (Phi) is 3.68. The second-order valence-corrected chi connectivity index (χ2v) is 5.71.